The molecule has 1 fully saturated rings. The van der Waals surface area contributed by atoms with E-state index in [1.165, 1.54) is 19.3 Å². The molecule has 5 rings (SSSR count). The molecule has 218 valence electrons. The van der Waals surface area contributed by atoms with Crippen LogP contribution in [0.2, 0.25) is 0 Å². The maximum absolute atomic E-state index is 12.9. The van der Waals surface area contributed by atoms with Crippen LogP contribution >= 0.6 is 0 Å². The van der Waals surface area contributed by atoms with E-state index in [0.717, 1.165) is 69.4 Å². The number of benzene rings is 2. The zero-order valence-electron chi connectivity index (χ0n) is 24.5. The molecule has 1 aliphatic carbocycles. The summed E-state index contributed by atoms with van der Waals surface area (Å²) < 4.78 is 6.81. The van der Waals surface area contributed by atoms with Gasteiger partial charge in [0.15, 0.2) is 0 Å². The largest absolute Gasteiger partial charge is 0.481 e. The van der Waals surface area contributed by atoms with Crippen molar-refractivity contribution in [3.63, 3.8) is 0 Å². The molecule has 9 heteroatoms. The lowest BCUT2D eigenvalue weighted by atomic mass is 9.91. The number of aliphatic hydroxyl groups is 1. The van der Waals surface area contributed by atoms with Crippen molar-refractivity contribution in [3.8, 4) is 28.3 Å². The normalized spacial score (nSPS) is 16.7. The molecule has 0 radical (unpaired) electrons. The minimum atomic E-state index is -0.479. The summed E-state index contributed by atoms with van der Waals surface area (Å²) in [7, 11) is 3.14. The number of carbonyl (C=O) groups is 1. The number of nitrogens with zero attached hydrogens (tertiary/aromatic N) is 3. The Hall–Kier alpha value is -4.34. The molecule has 3 N–H and O–H groups in total. The molecule has 0 unspecified atom stereocenters. The van der Waals surface area contributed by atoms with Crippen LogP contribution in [0, 0.1) is 13.8 Å². The summed E-state index contributed by atoms with van der Waals surface area (Å²) in [5.41, 5.74) is 6.81. The number of ether oxygens (including phenoxy) is 1. The first-order chi connectivity index (χ1) is 20.3. The lowest BCUT2D eigenvalue weighted by Crippen LogP contribution is -2.41. The fraction of sp³-hybridized carbons (Fsp3) is 0.333. The van der Waals surface area contributed by atoms with E-state index in [-0.39, 0.29) is 17.7 Å². The number of hydrogen-bond acceptors (Lipinski definition) is 7. The van der Waals surface area contributed by atoms with Gasteiger partial charge in [-0.15, -0.1) is 0 Å². The number of rotatable bonds is 8. The highest BCUT2D eigenvalue weighted by Gasteiger charge is 2.23. The smallest absolute Gasteiger partial charge is 0.279 e. The molecule has 0 spiro atoms. The summed E-state index contributed by atoms with van der Waals surface area (Å²) in [5, 5.41) is 20.6. The molecular formula is C33H37N5O4. The first-order valence-corrected chi connectivity index (χ1v) is 14.3. The molecule has 2 aromatic carbocycles. The lowest BCUT2D eigenvalue weighted by Gasteiger charge is -2.28. The second-order valence-electron chi connectivity index (χ2n) is 10.8. The van der Waals surface area contributed by atoms with Crippen LogP contribution in [0.15, 0.2) is 65.6 Å². The zero-order chi connectivity index (χ0) is 29.8. The van der Waals surface area contributed by atoms with Gasteiger partial charge in [-0.2, -0.15) is 5.10 Å². The van der Waals surface area contributed by atoms with Gasteiger partial charge < -0.3 is 20.5 Å². The van der Waals surface area contributed by atoms with E-state index in [0.29, 0.717) is 18.1 Å². The minimum absolute atomic E-state index is 0.0315. The lowest BCUT2D eigenvalue weighted by molar-refractivity contribution is 0.0901. The van der Waals surface area contributed by atoms with Crippen LogP contribution in [-0.2, 0) is 13.6 Å². The Morgan fingerprint density at radius 1 is 1.00 bits per heavy atom. The number of aromatic nitrogens is 3. The summed E-state index contributed by atoms with van der Waals surface area (Å²) in [5.74, 6) is 0.0749. The number of pyridine rings is 1. The maximum atomic E-state index is 12.9. The van der Waals surface area contributed by atoms with E-state index < -0.39 is 11.5 Å². The van der Waals surface area contributed by atoms with Crippen LogP contribution in [-0.4, -0.2) is 45.0 Å². The molecule has 9 nitrogen and oxygen atoms in total. The number of aliphatic hydroxyl groups excluding tert-OH is 1. The molecule has 42 heavy (non-hydrogen) atoms. The summed E-state index contributed by atoms with van der Waals surface area (Å²) in [4.78, 5) is 30.2. The Bertz CT molecular complexity index is 1670. The Kier molecular flexibility index (Phi) is 8.80. The van der Waals surface area contributed by atoms with Crippen LogP contribution in [0.1, 0.15) is 52.7 Å². The molecule has 1 aliphatic rings. The Morgan fingerprint density at radius 2 is 1.71 bits per heavy atom. The van der Waals surface area contributed by atoms with Gasteiger partial charge in [0.05, 0.1) is 18.9 Å². The monoisotopic (exact) mass is 567 g/mol. The molecule has 1 amide bonds. The molecule has 2 atom stereocenters. The highest BCUT2D eigenvalue weighted by Crippen LogP contribution is 2.36. The predicted molar refractivity (Wildman–Crippen MR) is 164 cm³/mol. The fourth-order valence-corrected chi connectivity index (χ4v) is 5.66. The van der Waals surface area contributed by atoms with Crippen molar-refractivity contribution in [2.75, 3.05) is 12.4 Å². The van der Waals surface area contributed by atoms with Crippen molar-refractivity contribution < 1.29 is 14.6 Å². The van der Waals surface area contributed by atoms with Gasteiger partial charge >= 0.3 is 0 Å². The average molecular weight is 568 g/mol. The molecule has 0 saturated heterocycles. The van der Waals surface area contributed by atoms with Gasteiger partial charge in [-0.25, -0.2) is 9.67 Å². The molecule has 2 heterocycles. The van der Waals surface area contributed by atoms with Gasteiger partial charge in [-0.1, -0.05) is 49.2 Å². The predicted octanol–water partition coefficient (Wildman–Crippen LogP) is 4.78. The van der Waals surface area contributed by atoms with E-state index in [1.54, 1.807) is 7.11 Å². The average Bonchev–Trinajstić information content (AvgIpc) is 2.99. The minimum Gasteiger partial charge on any atom is -0.481 e. The van der Waals surface area contributed by atoms with Crippen LogP contribution in [0.4, 0.5) is 5.69 Å². The van der Waals surface area contributed by atoms with Crippen molar-refractivity contribution in [2.45, 2.75) is 58.2 Å². The summed E-state index contributed by atoms with van der Waals surface area (Å²) in [6.07, 6.45) is 5.11. The van der Waals surface area contributed by atoms with Gasteiger partial charge in [0.25, 0.3) is 11.5 Å². The van der Waals surface area contributed by atoms with Crippen molar-refractivity contribution in [1.82, 2.24) is 20.1 Å². The number of amides is 1. The van der Waals surface area contributed by atoms with Crippen molar-refractivity contribution in [3.05, 3.63) is 93.4 Å². The van der Waals surface area contributed by atoms with Crippen molar-refractivity contribution in [1.29, 1.82) is 0 Å². The number of carbonyl (C=O) groups excluding carboxylic acids is 1. The SMILES string of the molecule is COc1nc(-c2cccc(-c3cccc(NC(=O)c4ccnn(C)c4=O)c3C)c2C)ccc1CN[C@@H]1CCCC[C@H]1O. The van der Waals surface area contributed by atoms with E-state index in [1.807, 2.05) is 49.4 Å². The highest BCUT2D eigenvalue weighted by atomic mass is 16.5. The molecular weight excluding hydrogens is 530 g/mol. The molecule has 4 aromatic rings. The van der Waals surface area contributed by atoms with E-state index in [4.69, 9.17) is 9.72 Å². The number of anilines is 1. The van der Waals surface area contributed by atoms with Gasteiger partial charge in [0, 0.05) is 42.6 Å². The first-order valence-electron chi connectivity index (χ1n) is 14.3. The summed E-state index contributed by atoms with van der Waals surface area (Å²) in [6, 6.07) is 17.4. The van der Waals surface area contributed by atoms with Crippen molar-refractivity contribution >= 4 is 11.6 Å². The quantitative estimate of drug-likeness (QED) is 0.280. The Labute approximate surface area is 245 Å². The van der Waals surface area contributed by atoms with Crippen LogP contribution in [0.3, 0.4) is 0 Å². The number of aryl methyl sites for hydroxylation is 1. The second-order valence-corrected chi connectivity index (χ2v) is 10.8. The molecule has 2 aromatic heterocycles. The summed E-state index contributed by atoms with van der Waals surface area (Å²) >= 11 is 0. The molecule has 0 aliphatic heterocycles. The molecule has 1 saturated carbocycles. The second kappa shape index (κ2) is 12.7. The standard InChI is InChI=1S/C33H37N5O4/c1-20-23(24-10-8-13-27(21(24)2)36-31(40)26-17-18-35-38(3)33(26)41)9-7-11-25(20)28-16-15-22(32(37-28)42-4)19-34-29-12-5-6-14-30(29)39/h7-11,13,15-18,29-30,34,39H,5-6,12,14,19H2,1-4H3,(H,36,40)/t29-,30-/m1/s1. The third-order valence-electron chi connectivity index (χ3n) is 8.15. The third kappa shape index (κ3) is 5.98. The van der Waals surface area contributed by atoms with Gasteiger partial charge in [-0.3, -0.25) is 9.59 Å². The van der Waals surface area contributed by atoms with Gasteiger partial charge in [0.2, 0.25) is 5.88 Å². The van der Waals surface area contributed by atoms with Gasteiger partial charge in [0.1, 0.15) is 5.56 Å². The van der Waals surface area contributed by atoms with Crippen LogP contribution in [0.25, 0.3) is 22.4 Å². The maximum Gasteiger partial charge on any atom is 0.279 e. The fourth-order valence-electron chi connectivity index (χ4n) is 5.66. The van der Waals surface area contributed by atoms with E-state index >= 15 is 0 Å². The van der Waals surface area contributed by atoms with E-state index in [9.17, 15) is 14.7 Å². The number of nitrogens with one attached hydrogen (secondary N) is 2. The third-order valence-corrected chi connectivity index (χ3v) is 8.15. The highest BCUT2D eigenvalue weighted by molar-refractivity contribution is 6.04. The molecule has 0 bridgehead atoms. The van der Waals surface area contributed by atoms with Crippen molar-refractivity contribution in [2.24, 2.45) is 7.05 Å². The Morgan fingerprint density at radius 3 is 2.48 bits per heavy atom. The van der Waals surface area contributed by atoms with Crippen LogP contribution in [0.5, 0.6) is 5.88 Å². The zero-order valence-corrected chi connectivity index (χ0v) is 24.5. The van der Waals surface area contributed by atoms with E-state index in [2.05, 4.69) is 28.7 Å². The number of methoxy groups -OCH3 is 1. The van der Waals surface area contributed by atoms with Gasteiger partial charge in [-0.05, 0) is 67.1 Å². The van der Waals surface area contributed by atoms with Crippen LogP contribution < -0.4 is 20.9 Å². The number of hydrogen-bond donors (Lipinski definition) is 3. The first kappa shape index (κ1) is 29.2. The summed E-state index contributed by atoms with van der Waals surface area (Å²) in [6.45, 7) is 4.58. The topological polar surface area (TPSA) is 118 Å². The Balaban J connectivity index is 1.41.